The molecule has 0 amide bonds. The molecule has 0 spiro atoms. The normalized spacial score (nSPS) is 10.5. The van der Waals surface area contributed by atoms with Crippen molar-refractivity contribution in [3.05, 3.63) is 53.9 Å². The Bertz CT molecular complexity index is 531. The van der Waals surface area contributed by atoms with Gasteiger partial charge in [0, 0.05) is 18.3 Å². The zero-order chi connectivity index (χ0) is 14.2. The van der Waals surface area contributed by atoms with E-state index in [-0.39, 0.29) is 12.4 Å². The summed E-state index contributed by atoms with van der Waals surface area (Å²) in [5.74, 6) is 0.301. The van der Waals surface area contributed by atoms with Gasteiger partial charge in [-0.2, -0.15) is 0 Å². The highest BCUT2D eigenvalue weighted by atomic mass is 19.1. The van der Waals surface area contributed by atoms with Crippen molar-refractivity contribution in [2.45, 2.75) is 26.5 Å². The highest BCUT2D eigenvalue weighted by molar-refractivity contribution is 5.20. The number of aromatic nitrogens is 2. The van der Waals surface area contributed by atoms with Gasteiger partial charge >= 0.3 is 0 Å². The lowest BCUT2D eigenvalue weighted by Gasteiger charge is -2.07. The minimum atomic E-state index is -0.360. The van der Waals surface area contributed by atoms with Crippen LogP contribution in [0.4, 0.5) is 4.39 Å². The first kappa shape index (κ1) is 14.4. The van der Waals surface area contributed by atoms with Gasteiger partial charge in [-0.05, 0) is 31.2 Å². The van der Waals surface area contributed by atoms with Crippen LogP contribution < -0.4 is 10.1 Å². The molecule has 0 radical (unpaired) electrons. The summed E-state index contributed by atoms with van der Waals surface area (Å²) in [6, 6.07) is 5.19. The maximum absolute atomic E-state index is 13.0. The van der Waals surface area contributed by atoms with Gasteiger partial charge in [0.25, 0.3) is 0 Å². The number of pyridine rings is 2. The predicted molar refractivity (Wildman–Crippen MR) is 74.8 cm³/mol. The van der Waals surface area contributed by atoms with E-state index in [1.54, 1.807) is 12.4 Å². The molecule has 0 aliphatic carbocycles. The molecule has 2 rings (SSSR count). The Morgan fingerprint density at radius 3 is 2.85 bits per heavy atom. The van der Waals surface area contributed by atoms with Crippen LogP contribution in [0.15, 0.2) is 36.8 Å². The van der Waals surface area contributed by atoms with Crippen LogP contribution in [-0.2, 0) is 13.2 Å². The third kappa shape index (κ3) is 4.59. The van der Waals surface area contributed by atoms with E-state index in [0.29, 0.717) is 11.3 Å². The molecule has 5 heteroatoms. The standard InChI is InChI=1S/C15H18FN3O/c1-2-5-17-9-14-3-4-15(10-19-14)20-11-12-6-13(16)8-18-7-12/h3-4,6-8,10,17H,2,5,9,11H2,1H3. The molecular weight excluding hydrogens is 257 g/mol. The first-order valence-electron chi connectivity index (χ1n) is 6.66. The first-order chi connectivity index (χ1) is 9.78. The Morgan fingerprint density at radius 2 is 2.15 bits per heavy atom. The molecule has 0 atom stereocenters. The van der Waals surface area contributed by atoms with Crippen LogP contribution in [0.1, 0.15) is 24.6 Å². The third-order valence-corrected chi connectivity index (χ3v) is 2.70. The number of nitrogens with one attached hydrogen (secondary N) is 1. The highest BCUT2D eigenvalue weighted by Crippen LogP contribution is 2.12. The fourth-order valence-corrected chi connectivity index (χ4v) is 1.70. The van der Waals surface area contributed by atoms with Crippen molar-refractivity contribution >= 4 is 0 Å². The van der Waals surface area contributed by atoms with Gasteiger partial charge in [0.1, 0.15) is 18.2 Å². The van der Waals surface area contributed by atoms with E-state index in [9.17, 15) is 4.39 Å². The largest absolute Gasteiger partial charge is 0.487 e. The summed E-state index contributed by atoms with van der Waals surface area (Å²) in [6.45, 7) is 4.13. The number of nitrogens with zero attached hydrogens (tertiary/aromatic N) is 2. The molecule has 0 aliphatic heterocycles. The molecule has 106 valence electrons. The molecular formula is C15H18FN3O. The molecule has 2 aromatic rings. The predicted octanol–water partition coefficient (Wildman–Crippen LogP) is 2.69. The van der Waals surface area contributed by atoms with Crippen LogP contribution in [0, 0.1) is 5.82 Å². The maximum Gasteiger partial charge on any atom is 0.141 e. The summed E-state index contributed by atoms with van der Waals surface area (Å²) in [5, 5.41) is 3.28. The van der Waals surface area contributed by atoms with Gasteiger partial charge in [-0.15, -0.1) is 0 Å². The van der Waals surface area contributed by atoms with Gasteiger partial charge in [-0.25, -0.2) is 4.39 Å². The summed E-state index contributed by atoms with van der Waals surface area (Å²) in [7, 11) is 0. The van der Waals surface area contributed by atoms with Crippen molar-refractivity contribution in [3.8, 4) is 5.75 Å². The van der Waals surface area contributed by atoms with Crippen molar-refractivity contribution in [2.24, 2.45) is 0 Å². The van der Waals surface area contributed by atoms with Crippen molar-refractivity contribution in [3.63, 3.8) is 0 Å². The second-order valence-corrected chi connectivity index (χ2v) is 4.46. The van der Waals surface area contributed by atoms with E-state index in [0.717, 1.165) is 25.2 Å². The molecule has 2 heterocycles. The number of halogens is 1. The van der Waals surface area contributed by atoms with Crippen LogP contribution in [-0.4, -0.2) is 16.5 Å². The van der Waals surface area contributed by atoms with Gasteiger partial charge in [0.05, 0.1) is 18.1 Å². The SMILES string of the molecule is CCCNCc1ccc(OCc2cncc(F)c2)cn1. The summed E-state index contributed by atoms with van der Waals surface area (Å²) >= 11 is 0. The van der Waals surface area contributed by atoms with Crippen LogP contribution in [0.3, 0.4) is 0 Å². The smallest absolute Gasteiger partial charge is 0.141 e. The summed E-state index contributed by atoms with van der Waals surface area (Å²) in [6.07, 6.45) is 5.53. The molecule has 0 fully saturated rings. The monoisotopic (exact) mass is 275 g/mol. The Labute approximate surface area is 118 Å². The highest BCUT2D eigenvalue weighted by Gasteiger charge is 2.00. The molecule has 0 aliphatic rings. The molecule has 4 nitrogen and oxygen atoms in total. The van der Waals surface area contributed by atoms with Gasteiger partial charge in [-0.3, -0.25) is 9.97 Å². The van der Waals surface area contributed by atoms with Crippen molar-refractivity contribution in [2.75, 3.05) is 6.54 Å². The molecule has 0 aromatic carbocycles. The Morgan fingerprint density at radius 1 is 1.25 bits per heavy atom. The van der Waals surface area contributed by atoms with Crippen molar-refractivity contribution in [1.82, 2.24) is 15.3 Å². The van der Waals surface area contributed by atoms with E-state index in [4.69, 9.17) is 4.74 Å². The second-order valence-electron chi connectivity index (χ2n) is 4.46. The van der Waals surface area contributed by atoms with E-state index in [1.807, 2.05) is 12.1 Å². The van der Waals surface area contributed by atoms with E-state index in [2.05, 4.69) is 22.2 Å². The van der Waals surface area contributed by atoms with Crippen LogP contribution >= 0.6 is 0 Å². The molecule has 0 saturated heterocycles. The lowest BCUT2D eigenvalue weighted by Crippen LogP contribution is -2.14. The van der Waals surface area contributed by atoms with E-state index < -0.39 is 0 Å². The maximum atomic E-state index is 13.0. The number of rotatable bonds is 7. The lowest BCUT2D eigenvalue weighted by molar-refractivity contribution is 0.303. The average Bonchev–Trinajstić information content (AvgIpc) is 2.47. The van der Waals surface area contributed by atoms with Gasteiger partial charge in [-0.1, -0.05) is 6.92 Å². The van der Waals surface area contributed by atoms with E-state index in [1.165, 1.54) is 12.3 Å². The zero-order valence-electron chi connectivity index (χ0n) is 11.5. The molecule has 0 saturated carbocycles. The van der Waals surface area contributed by atoms with Gasteiger partial charge in [0.2, 0.25) is 0 Å². The Hall–Kier alpha value is -2.01. The average molecular weight is 275 g/mol. The second kappa shape index (κ2) is 7.55. The van der Waals surface area contributed by atoms with Crippen molar-refractivity contribution < 1.29 is 9.13 Å². The van der Waals surface area contributed by atoms with Gasteiger partial charge in [0.15, 0.2) is 0 Å². The van der Waals surface area contributed by atoms with Crippen molar-refractivity contribution in [1.29, 1.82) is 0 Å². The minimum Gasteiger partial charge on any atom is -0.487 e. The summed E-state index contributed by atoms with van der Waals surface area (Å²) in [4.78, 5) is 8.08. The fraction of sp³-hybridized carbons (Fsp3) is 0.333. The molecule has 1 N–H and O–H groups in total. The quantitative estimate of drug-likeness (QED) is 0.789. The number of hydrogen-bond acceptors (Lipinski definition) is 4. The minimum absolute atomic E-state index is 0.278. The molecule has 0 unspecified atom stereocenters. The first-order valence-corrected chi connectivity index (χ1v) is 6.66. The molecule has 2 aromatic heterocycles. The topological polar surface area (TPSA) is 47.0 Å². The summed E-state index contributed by atoms with van der Waals surface area (Å²) < 4.78 is 18.5. The summed E-state index contributed by atoms with van der Waals surface area (Å²) in [5.41, 5.74) is 1.66. The van der Waals surface area contributed by atoms with Crippen LogP contribution in [0.5, 0.6) is 5.75 Å². The Balaban J connectivity index is 1.84. The van der Waals surface area contributed by atoms with E-state index >= 15 is 0 Å². The van der Waals surface area contributed by atoms with Crippen LogP contribution in [0.2, 0.25) is 0 Å². The number of hydrogen-bond donors (Lipinski definition) is 1. The third-order valence-electron chi connectivity index (χ3n) is 2.70. The lowest BCUT2D eigenvalue weighted by atomic mass is 10.3. The van der Waals surface area contributed by atoms with Crippen LogP contribution in [0.25, 0.3) is 0 Å². The number of ether oxygens (including phenoxy) is 1. The van der Waals surface area contributed by atoms with Gasteiger partial charge < -0.3 is 10.1 Å². The zero-order valence-corrected chi connectivity index (χ0v) is 11.5. The fourth-order valence-electron chi connectivity index (χ4n) is 1.70. The molecule has 0 bridgehead atoms. The Kier molecular flexibility index (Phi) is 5.43. The molecule has 20 heavy (non-hydrogen) atoms.